The van der Waals surface area contributed by atoms with Crippen LogP contribution in [0.25, 0.3) is 0 Å². The van der Waals surface area contributed by atoms with Gasteiger partial charge in [0.2, 0.25) is 10.0 Å². The summed E-state index contributed by atoms with van der Waals surface area (Å²) >= 11 is 9.05. The Morgan fingerprint density at radius 2 is 2.33 bits per heavy atom. The molecule has 1 aliphatic heterocycles. The smallest absolute Gasteiger partial charge is 0.407 e. The number of hydrogen-bond donors (Lipinski definition) is 1. The van der Waals surface area contributed by atoms with E-state index in [0.717, 1.165) is 0 Å². The minimum Gasteiger partial charge on any atom is -0.453 e. The second-order valence-electron chi connectivity index (χ2n) is 4.43. The first-order valence-electron chi connectivity index (χ1n) is 6.00. The predicted octanol–water partition coefficient (Wildman–Crippen LogP) is 1.62. The summed E-state index contributed by atoms with van der Waals surface area (Å²) in [5.74, 6) is 0. The Labute approximate surface area is 135 Å². The Morgan fingerprint density at radius 1 is 1.62 bits per heavy atom. The molecule has 0 aromatic carbocycles. The Balaban J connectivity index is 2.18. The van der Waals surface area contributed by atoms with E-state index < -0.39 is 16.1 Å². The number of ether oxygens (including phenoxy) is 1. The molecular weight excluding hydrogens is 386 g/mol. The maximum absolute atomic E-state index is 12.5. The highest BCUT2D eigenvalue weighted by Gasteiger charge is 2.35. The molecule has 2 heterocycles. The number of amides is 1. The van der Waals surface area contributed by atoms with Crippen LogP contribution in [-0.2, 0) is 14.8 Å². The van der Waals surface area contributed by atoms with Crippen LogP contribution in [-0.4, -0.2) is 50.0 Å². The van der Waals surface area contributed by atoms with Crippen LogP contribution in [0.15, 0.2) is 21.6 Å². The minimum absolute atomic E-state index is 0.0581. The quantitative estimate of drug-likeness (QED) is 0.782. The number of pyridine rings is 1. The van der Waals surface area contributed by atoms with Crippen molar-refractivity contribution in [2.75, 3.05) is 20.2 Å². The average molecular weight is 399 g/mol. The molecule has 1 aromatic heterocycles. The fraction of sp³-hybridized carbons (Fsp3) is 0.455. The maximum atomic E-state index is 12.5. The van der Waals surface area contributed by atoms with E-state index in [2.05, 4.69) is 31.0 Å². The molecule has 1 atom stereocenters. The first-order chi connectivity index (χ1) is 9.84. The van der Waals surface area contributed by atoms with E-state index >= 15 is 0 Å². The van der Waals surface area contributed by atoms with Gasteiger partial charge < -0.3 is 10.1 Å². The Hall–Kier alpha value is -0.900. The highest BCUT2D eigenvalue weighted by Crippen LogP contribution is 2.28. The molecule has 0 radical (unpaired) electrons. The lowest BCUT2D eigenvalue weighted by Crippen LogP contribution is -2.38. The SMILES string of the molecule is COC(=O)NC1CCN(S(=O)(=O)c2cc(Br)cnc2Cl)C1. The summed E-state index contributed by atoms with van der Waals surface area (Å²) in [6.07, 6.45) is 1.35. The van der Waals surface area contributed by atoms with E-state index in [1.54, 1.807) is 0 Å². The van der Waals surface area contributed by atoms with Crippen LogP contribution in [0, 0.1) is 0 Å². The van der Waals surface area contributed by atoms with Gasteiger partial charge in [0.05, 0.1) is 7.11 Å². The third-order valence-corrected chi connectivity index (χ3v) is 5.78. The highest BCUT2D eigenvalue weighted by atomic mass is 79.9. The zero-order valence-electron chi connectivity index (χ0n) is 11.0. The molecule has 0 bridgehead atoms. The van der Waals surface area contributed by atoms with Crippen LogP contribution in [0.5, 0.6) is 0 Å². The molecule has 1 amide bonds. The number of rotatable bonds is 3. The molecule has 1 aliphatic rings. The van der Waals surface area contributed by atoms with Gasteiger partial charge in [-0.3, -0.25) is 0 Å². The van der Waals surface area contributed by atoms with E-state index in [9.17, 15) is 13.2 Å². The zero-order valence-corrected chi connectivity index (χ0v) is 14.2. The van der Waals surface area contributed by atoms with Crippen LogP contribution < -0.4 is 5.32 Å². The van der Waals surface area contributed by atoms with E-state index in [0.29, 0.717) is 17.4 Å². The fourth-order valence-electron chi connectivity index (χ4n) is 2.01. The molecule has 0 aliphatic carbocycles. The van der Waals surface area contributed by atoms with Crippen molar-refractivity contribution in [1.82, 2.24) is 14.6 Å². The Kier molecular flexibility index (Phi) is 5.07. The lowest BCUT2D eigenvalue weighted by atomic mass is 10.3. The number of hydrogen-bond acceptors (Lipinski definition) is 5. The number of aromatic nitrogens is 1. The van der Waals surface area contributed by atoms with Crippen LogP contribution in [0.3, 0.4) is 0 Å². The number of nitrogens with zero attached hydrogens (tertiary/aromatic N) is 2. The molecule has 21 heavy (non-hydrogen) atoms. The summed E-state index contributed by atoms with van der Waals surface area (Å²) in [5.41, 5.74) is 0. The monoisotopic (exact) mass is 397 g/mol. The van der Waals surface area contributed by atoms with E-state index in [1.165, 1.54) is 23.7 Å². The standard InChI is InChI=1S/C11H13BrClN3O4S/c1-20-11(17)15-8-2-3-16(6-8)21(18,19)9-4-7(12)5-14-10(9)13/h4-5,8H,2-3,6H2,1H3,(H,15,17). The highest BCUT2D eigenvalue weighted by molar-refractivity contribution is 9.10. The van der Waals surface area contributed by atoms with Gasteiger partial charge >= 0.3 is 6.09 Å². The number of alkyl carbamates (subject to hydrolysis) is 1. The molecule has 1 saturated heterocycles. The third kappa shape index (κ3) is 3.65. The summed E-state index contributed by atoms with van der Waals surface area (Å²) in [7, 11) is -2.49. The van der Waals surface area contributed by atoms with Gasteiger partial charge in [-0.05, 0) is 28.4 Å². The normalized spacial score (nSPS) is 19.5. The molecule has 1 fully saturated rings. The molecule has 1 unspecified atom stereocenters. The summed E-state index contributed by atoms with van der Waals surface area (Å²) in [5, 5.41) is 2.50. The van der Waals surface area contributed by atoms with Gasteiger partial charge in [-0.1, -0.05) is 11.6 Å². The van der Waals surface area contributed by atoms with Crippen molar-refractivity contribution in [3.8, 4) is 0 Å². The number of sulfonamides is 1. The first kappa shape index (κ1) is 16.5. The van der Waals surface area contributed by atoms with Crippen molar-refractivity contribution < 1.29 is 17.9 Å². The number of carbonyl (C=O) groups is 1. The van der Waals surface area contributed by atoms with Crippen LogP contribution in [0.2, 0.25) is 5.15 Å². The van der Waals surface area contributed by atoms with Crippen molar-refractivity contribution in [1.29, 1.82) is 0 Å². The van der Waals surface area contributed by atoms with Gasteiger partial charge in [-0.2, -0.15) is 4.31 Å². The fourth-order valence-corrected chi connectivity index (χ4v) is 4.43. The Bertz CT molecular complexity index is 655. The summed E-state index contributed by atoms with van der Waals surface area (Å²) in [6, 6.07) is 1.12. The maximum Gasteiger partial charge on any atom is 0.407 e. The Morgan fingerprint density at radius 3 is 3.00 bits per heavy atom. The van der Waals surface area contributed by atoms with Gasteiger partial charge in [0.15, 0.2) is 0 Å². The molecular formula is C11H13BrClN3O4S. The first-order valence-corrected chi connectivity index (χ1v) is 8.61. The van der Waals surface area contributed by atoms with Crippen molar-refractivity contribution in [3.05, 3.63) is 21.9 Å². The van der Waals surface area contributed by atoms with E-state index in [4.69, 9.17) is 11.6 Å². The molecule has 1 aromatic rings. The number of carbonyl (C=O) groups excluding carboxylic acids is 1. The van der Waals surface area contributed by atoms with Crippen LogP contribution >= 0.6 is 27.5 Å². The van der Waals surface area contributed by atoms with Crippen molar-refractivity contribution in [2.24, 2.45) is 0 Å². The van der Waals surface area contributed by atoms with Gasteiger partial charge in [0.25, 0.3) is 0 Å². The predicted molar refractivity (Wildman–Crippen MR) is 79.7 cm³/mol. The lowest BCUT2D eigenvalue weighted by Gasteiger charge is -2.17. The molecule has 1 N–H and O–H groups in total. The van der Waals surface area contributed by atoms with Crippen molar-refractivity contribution >= 4 is 43.6 Å². The third-order valence-electron chi connectivity index (χ3n) is 3.05. The molecule has 0 spiro atoms. The van der Waals surface area contributed by atoms with Gasteiger partial charge in [0, 0.05) is 29.8 Å². The molecule has 10 heteroatoms. The summed E-state index contributed by atoms with van der Waals surface area (Å²) in [6.45, 7) is 0.458. The molecule has 116 valence electrons. The van der Waals surface area contributed by atoms with E-state index in [-0.39, 0.29) is 22.6 Å². The zero-order chi connectivity index (χ0) is 15.6. The van der Waals surface area contributed by atoms with E-state index in [1.807, 2.05) is 0 Å². The lowest BCUT2D eigenvalue weighted by molar-refractivity contribution is 0.167. The largest absolute Gasteiger partial charge is 0.453 e. The minimum atomic E-state index is -3.75. The van der Waals surface area contributed by atoms with Crippen molar-refractivity contribution in [3.63, 3.8) is 0 Å². The number of methoxy groups -OCH3 is 1. The number of nitrogens with one attached hydrogen (secondary N) is 1. The van der Waals surface area contributed by atoms with Crippen molar-refractivity contribution in [2.45, 2.75) is 17.4 Å². The van der Waals surface area contributed by atoms with Crippen LogP contribution in [0.4, 0.5) is 4.79 Å². The molecule has 7 nitrogen and oxygen atoms in total. The van der Waals surface area contributed by atoms with Crippen LogP contribution in [0.1, 0.15) is 6.42 Å². The average Bonchev–Trinajstić information content (AvgIpc) is 2.90. The second-order valence-corrected chi connectivity index (χ2v) is 7.61. The molecule has 2 rings (SSSR count). The van der Waals surface area contributed by atoms with Gasteiger partial charge in [0.1, 0.15) is 10.0 Å². The van der Waals surface area contributed by atoms with Gasteiger partial charge in [-0.15, -0.1) is 0 Å². The summed E-state index contributed by atoms with van der Waals surface area (Å²) in [4.78, 5) is 14.9. The molecule has 0 saturated carbocycles. The summed E-state index contributed by atoms with van der Waals surface area (Å²) < 4.78 is 31.4. The second kappa shape index (κ2) is 6.47. The number of halogens is 2. The topological polar surface area (TPSA) is 88.6 Å². The van der Waals surface area contributed by atoms with Gasteiger partial charge in [-0.25, -0.2) is 18.2 Å².